The third kappa shape index (κ3) is 3.49. The SMILES string of the molecule is CNC(C)c1ccccc1NC1CCCCCC1. The Balaban J connectivity index is 2.07. The van der Waals surface area contributed by atoms with Crippen LogP contribution in [0.15, 0.2) is 24.3 Å². The van der Waals surface area contributed by atoms with Crippen LogP contribution < -0.4 is 10.6 Å². The molecule has 0 radical (unpaired) electrons. The average molecular weight is 246 g/mol. The molecule has 1 unspecified atom stereocenters. The standard InChI is InChI=1S/C16H26N2/c1-13(17-2)15-11-7-8-12-16(15)18-14-9-5-3-4-6-10-14/h7-8,11-14,17-18H,3-6,9-10H2,1-2H3. The summed E-state index contributed by atoms with van der Waals surface area (Å²) in [6, 6.07) is 9.76. The molecule has 0 spiro atoms. The molecule has 2 nitrogen and oxygen atoms in total. The highest BCUT2D eigenvalue weighted by Crippen LogP contribution is 2.26. The maximum atomic E-state index is 3.76. The summed E-state index contributed by atoms with van der Waals surface area (Å²) in [6.07, 6.45) is 8.22. The van der Waals surface area contributed by atoms with Crippen LogP contribution in [0.1, 0.15) is 57.1 Å². The Kier molecular flexibility index (Phi) is 5.06. The van der Waals surface area contributed by atoms with E-state index in [0.29, 0.717) is 12.1 Å². The van der Waals surface area contributed by atoms with E-state index in [1.54, 1.807) is 0 Å². The van der Waals surface area contributed by atoms with Gasteiger partial charge < -0.3 is 10.6 Å². The maximum Gasteiger partial charge on any atom is 0.0390 e. The van der Waals surface area contributed by atoms with Gasteiger partial charge in [-0.05, 0) is 38.4 Å². The smallest absolute Gasteiger partial charge is 0.0390 e. The predicted octanol–water partition coefficient (Wildman–Crippen LogP) is 4.10. The van der Waals surface area contributed by atoms with Crippen molar-refractivity contribution in [3.63, 3.8) is 0 Å². The molecule has 18 heavy (non-hydrogen) atoms. The van der Waals surface area contributed by atoms with Crippen molar-refractivity contribution < 1.29 is 0 Å². The molecule has 1 aliphatic rings. The molecule has 1 fully saturated rings. The largest absolute Gasteiger partial charge is 0.382 e. The van der Waals surface area contributed by atoms with Gasteiger partial charge in [0.25, 0.3) is 0 Å². The Bertz CT molecular complexity index is 354. The molecule has 2 N–H and O–H groups in total. The van der Waals surface area contributed by atoms with Crippen LogP contribution in [0, 0.1) is 0 Å². The zero-order chi connectivity index (χ0) is 12.8. The van der Waals surface area contributed by atoms with Crippen molar-refractivity contribution in [3.8, 4) is 0 Å². The zero-order valence-corrected chi connectivity index (χ0v) is 11.7. The highest BCUT2D eigenvalue weighted by molar-refractivity contribution is 5.53. The van der Waals surface area contributed by atoms with Gasteiger partial charge in [0, 0.05) is 17.8 Å². The molecular formula is C16H26N2. The van der Waals surface area contributed by atoms with Gasteiger partial charge in [0.05, 0.1) is 0 Å². The van der Waals surface area contributed by atoms with E-state index < -0.39 is 0 Å². The molecule has 1 aromatic rings. The van der Waals surface area contributed by atoms with E-state index in [-0.39, 0.29) is 0 Å². The Morgan fingerprint density at radius 2 is 1.72 bits per heavy atom. The summed E-state index contributed by atoms with van der Waals surface area (Å²) in [6.45, 7) is 2.22. The summed E-state index contributed by atoms with van der Waals surface area (Å²) < 4.78 is 0. The van der Waals surface area contributed by atoms with Crippen molar-refractivity contribution in [2.45, 2.75) is 57.5 Å². The number of nitrogens with one attached hydrogen (secondary N) is 2. The second-order valence-corrected chi connectivity index (χ2v) is 5.43. The van der Waals surface area contributed by atoms with Crippen LogP contribution in [0.2, 0.25) is 0 Å². The third-order valence-electron chi connectivity index (χ3n) is 4.08. The van der Waals surface area contributed by atoms with Crippen LogP contribution in [-0.4, -0.2) is 13.1 Å². The fourth-order valence-electron chi connectivity index (χ4n) is 2.81. The summed E-state index contributed by atoms with van der Waals surface area (Å²) in [4.78, 5) is 0. The first kappa shape index (κ1) is 13.4. The molecule has 0 heterocycles. The van der Waals surface area contributed by atoms with Crippen LogP contribution in [0.25, 0.3) is 0 Å². The molecule has 0 aromatic heterocycles. The third-order valence-corrected chi connectivity index (χ3v) is 4.08. The molecule has 0 bridgehead atoms. The van der Waals surface area contributed by atoms with E-state index in [0.717, 1.165) is 0 Å². The number of para-hydroxylation sites is 1. The molecule has 100 valence electrons. The summed E-state index contributed by atoms with van der Waals surface area (Å²) >= 11 is 0. The van der Waals surface area contributed by atoms with Crippen molar-refractivity contribution in [1.29, 1.82) is 0 Å². The Morgan fingerprint density at radius 3 is 2.39 bits per heavy atom. The van der Waals surface area contributed by atoms with Gasteiger partial charge in [-0.3, -0.25) is 0 Å². The molecular weight excluding hydrogens is 220 g/mol. The summed E-state index contributed by atoms with van der Waals surface area (Å²) in [5, 5.41) is 7.10. The number of hydrogen-bond acceptors (Lipinski definition) is 2. The second-order valence-electron chi connectivity index (χ2n) is 5.43. The Hall–Kier alpha value is -1.02. The minimum absolute atomic E-state index is 0.402. The molecule has 0 saturated heterocycles. The van der Waals surface area contributed by atoms with Gasteiger partial charge in [0.15, 0.2) is 0 Å². The lowest BCUT2D eigenvalue weighted by molar-refractivity contribution is 0.612. The molecule has 0 aliphatic heterocycles. The van der Waals surface area contributed by atoms with E-state index in [2.05, 4.69) is 41.8 Å². The summed E-state index contributed by atoms with van der Waals surface area (Å²) in [5.74, 6) is 0. The molecule has 2 heteroatoms. The lowest BCUT2D eigenvalue weighted by atomic mass is 10.0. The van der Waals surface area contributed by atoms with Crippen LogP contribution in [0.5, 0.6) is 0 Å². The lowest BCUT2D eigenvalue weighted by Gasteiger charge is -2.22. The maximum absolute atomic E-state index is 3.76. The lowest BCUT2D eigenvalue weighted by Crippen LogP contribution is -2.21. The molecule has 0 amide bonds. The predicted molar refractivity (Wildman–Crippen MR) is 79.0 cm³/mol. The Morgan fingerprint density at radius 1 is 1.06 bits per heavy atom. The fourth-order valence-corrected chi connectivity index (χ4v) is 2.81. The van der Waals surface area contributed by atoms with Crippen LogP contribution in [0.3, 0.4) is 0 Å². The fraction of sp³-hybridized carbons (Fsp3) is 0.625. The minimum atomic E-state index is 0.402. The van der Waals surface area contributed by atoms with Crippen molar-refractivity contribution in [3.05, 3.63) is 29.8 Å². The van der Waals surface area contributed by atoms with E-state index in [1.807, 2.05) is 7.05 Å². The highest BCUT2D eigenvalue weighted by Gasteiger charge is 2.14. The van der Waals surface area contributed by atoms with Gasteiger partial charge in [-0.2, -0.15) is 0 Å². The number of hydrogen-bond donors (Lipinski definition) is 2. The van der Waals surface area contributed by atoms with Crippen molar-refractivity contribution in [2.24, 2.45) is 0 Å². The first-order chi connectivity index (χ1) is 8.81. The normalized spacial score (nSPS) is 19.2. The summed E-state index contributed by atoms with van der Waals surface area (Å²) in [7, 11) is 2.02. The molecule has 1 aromatic carbocycles. The zero-order valence-electron chi connectivity index (χ0n) is 11.7. The van der Waals surface area contributed by atoms with Gasteiger partial charge in [0.2, 0.25) is 0 Å². The quantitative estimate of drug-likeness (QED) is 0.782. The first-order valence-corrected chi connectivity index (χ1v) is 7.34. The molecule has 1 atom stereocenters. The second kappa shape index (κ2) is 6.79. The average Bonchev–Trinajstić information content (AvgIpc) is 2.67. The topological polar surface area (TPSA) is 24.1 Å². The Labute approximate surface area is 111 Å². The van der Waals surface area contributed by atoms with Gasteiger partial charge in [0.1, 0.15) is 0 Å². The van der Waals surface area contributed by atoms with Gasteiger partial charge in [-0.1, -0.05) is 43.9 Å². The van der Waals surface area contributed by atoms with Crippen molar-refractivity contribution >= 4 is 5.69 Å². The highest BCUT2D eigenvalue weighted by atomic mass is 14.9. The number of benzene rings is 1. The van der Waals surface area contributed by atoms with Crippen molar-refractivity contribution in [2.75, 3.05) is 12.4 Å². The molecule has 2 rings (SSSR count). The number of anilines is 1. The monoisotopic (exact) mass is 246 g/mol. The van der Waals surface area contributed by atoms with E-state index in [4.69, 9.17) is 0 Å². The molecule has 1 aliphatic carbocycles. The van der Waals surface area contributed by atoms with E-state index in [9.17, 15) is 0 Å². The number of rotatable bonds is 4. The molecule has 1 saturated carbocycles. The van der Waals surface area contributed by atoms with Crippen LogP contribution >= 0.6 is 0 Å². The van der Waals surface area contributed by atoms with Crippen LogP contribution in [0.4, 0.5) is 5.69 Å². The van der Waals surface area contributed by atoms with Gasteiger partial charge >= 0.3 is 0 Å². The summed E-state index contributed by atoms with van der Waals surface area (Å²) in [5.41, 5.74) is 2.69. The van der Waals surface area contributed by atoms with Crippen molar-refractivity contribution in [1.82, 2.24) is 5.32 Å². The van der Waals surface area contributed by atoms with Crippen LogP contribution in [-0.2, 0) is 0 Å². The van der Waals surface area contributed by atoms with Gasteiger partial charge in [-0.15, -0.1) is 0 Å². The van der Waals surface area contributed by atoms with E-state index in [1.165, 1.54) is 49.8 Å². The van der Waals surface area contributed by atoms with Gasteiger partial charge in [-0.25, -0.2) is 0 Å². The first-order valence-electron chi connectivity index (χ1n) is 7.34. The minimum Gasteiger partial charge on any atom is -0.382 e. The van der Waals surface area contributed by atoms with E-state index >= 15 is 0 Å².